The standard InChI is InChI=1S/C26H28N4O/c1-6-22(19-13-11-16(2)12-14-19)28-26(31)21-15-24(25-17(3)29-30(5)18(25)4)27-23-10-8-7-9-20(21)23/h7-15,22H,6H2,1-5H3,(H,28,31). The van der Waals surface area contributed by atoms with Gasteiger partial charge in [-0.15, -0.1) is 0 Å². The molecule has 0 aliphatic carbocycles. The molecule has 0 radical (unpaired) electrons. The second-order valence-corrected chi connectivity index (χ2v) is 8.09. The number of carbonyl (C=O) groups excluding carboxylic acids is 1. The molecular weight excluding hydrogens is 384 g/mol. The Kier molecular flexibility index (Phi) is 5.59. The maximum atomic E-state index is 13.5. The molecule has 2 aromatic carbocycles. The number of nitrogens with zero attached hydrogens (tertiary/aromatic N) is 3. The first-order chi connectivity index (χ1) is 14.9. The lowest BCUT2D eigenvalue weighted by atomic mass is 10.00. The van der Waals surface area contributed by atoms with E-state index in [-0.39, 0.29) is 11.9 Å². The fraction of sp³-hybridized carbons (Fsp3) is 0.269. The van der Waals surface area contributed by atoms with Crippen molar-refractivity contribution >= 4 is 16.8 Å². The average Bonchev–Trinajstić information content (AvgIpc) is 3.03. The first kappa shape index (κ1) is 20.8. The van der Waals surface area contributed by atoms with Crippen LogP contribution in [0.1, 0.15) is 52.3 Å². The van der Waals surface area contributed by atoms with Crippen molar-refractivity contribution in [1.82, 2.24) is 20.1 Å². The smallest absolute Gasteiger partial charge is 0.252 e. The summed E-state index contributed by atoms with van der Waals surface area (Å²) in [7, 11) is 1.92. The number of carbonyl (C=O) groups is 1. The Morgan fingerprint density at radius 2 is 1.77 bits per heavy atom. The Morgan fingerprint density at radius 3 is 2.42 bits per heavy atom. The third kappa shape index (κ3) is 3.96. The lowest BCUT2D eigenvalue weighted by Crippen LogP contribution is -2.28. The molecule has 4 rings (SSSR count). The number of amides is 1. The number of aromatic nitrogens is 3. The van der Waals surface area contributed by atoms with Crippen molar-refractivity contribution in [3.05, 3.63) is 82.7 Å². The zero-order valence-corrected chi connectivity index (χ0v) is 18.7. The molecule has 1 amide bonds. The molecule has 0 fully saturated rings. The summed E-state index contributed by atoms with van der Waals surface area (Å²) in [5.41, 5.74) is 7.43. The molecule has 0 aliphatic heterocycles. The van der Waals surface area contributed by atoms with Crippen LogP contribution in [0.25, 0.3) is 22.2 Å². The maximum absolute atomic E-state index is 13.5. The summed E-state index contributed by atoms with van der Waals surface area (Å²) in [5, 5.41) is 8.61. The summed E-state index contributed by atoms with van der Waals surface area (Å²) in [6.07, 6.45) is 0.811. The molecule has 2 aromatic heterocycles. The van der Waals surface area contributed by atoms with Crippen LogP contribution in [0.3, 0.4) is 0 Å². The van der Waals surface area contributed by atoms with Gasteiger partial charge in [-0.1, -0.05) is 55.0 Å². The van der Waals surface area contributed by atoms with Crippen molar-refractivity contribution in [3.63, 3.8) is 0 Å². The van der Waals surface area contributed by atoms with E-state index in [2.05, 4.69) is 48.5 Å². The minimum Gasteiger partial charge on any atom is -0.345 e. The van der Waals surface area contributed by atoms with Gasteiger partial charge in [-0.2, -0.15) is 5.10 Å². The third-order valence-electron chi connectivity index (χ3n) is 5.92. The van der Waals surface area contributed by atoms with Gasteiger partial charge in [-0.05, 0) is 44.9 Å². The van der Waals surface area contributed by atoms with Crippen LogP contribution in [0.4, 0.5) is 0 Å². The van der Waals surface area contributed by atoms with Crippen LogP contribution in [0, 0.1) is 20.8 Å². The van der Waals surface area contributed by atoms with Crippen LogP contribution in [0.15, 0.2) is 54.6 Å². The molecular formula is C26H28N4O. The Morgan fingerprint density at radius 1 is 1.06 bits per heavy atom. The molecule has 4 aromatic rings. The monoisotopic (exact) mass is 412 g/mol. The second kappa shape index (κ2) is 8.34. The van der Waals surface area contributed by atoms with E-state index in [9.17, 15) is 4.79 Å². The number of para-hydroxylation sites is 1. The van der Waals surface area contributed by atoms with Crippen LogP contribution >= 0.6 is 0 Å². The van der Waals surface area contributed by atoms with E-state index in [1.54, 1.807) is 0 Å². The van der Waals surface area contributed by atoms with Gasteiger partial charge < -0.3 is 5.32 Å². The number of aryl methyl sites for hydroxylation is 3. The number of nitrogens with one attached hydrogen (secondary N) is 1. The number of benzene rings is 2. The van der Waals surface area contributed by atoms with Gasteiger partial charge >= 0.3 is 0 Å². The SMILES string of the molecule is CCC(NC(=O)c1cc(-c2c(C)nn(C)c2C)nc2ccccc12)c1ccc(C)cc1. The van der Waals surface area contributed by atoms with E-state index in [4.69, 9.17) is 4.98 Å². The highest BCUT2D eigenvalue weighted by Gasteiger charge is 2.20. The second-order valence-electron chi connectivity index (χ2n) is 8.09. The zero-order chi connectivity index (χ0) is 22.1. The first-order valence-electron chi connectivity index (χ1n) is 10.7. The van der Waals surface area contributed by atoms with Crippen LogP contribution < -0.4 is 5.32 Å². The van der Waals surface area contributed by atoms with Crippen molar-refractivity contribution in [2.24, 2.45) is 7.05 Å². The molecule has 1 unspecified atom stereocenters. The molecule has 0 bridgehead atoms. The van der Waals surface area contributed by atoms with Crippen molar-refractivity contribution in [3.8, 4) is 11.3 Å². The normalized spacial score (nSPS) is 12.2. The number of pyridine rings is 1. The fourth-order valence-corrected chi connectivity index (χ4v) is 4.09. The van der Waals surface area contributed by atoms with Crippen LogP contribution in [-0.4, -0.2) is 20.7 Å². The largest absolute Gasteiger partial charge is 0.345 e. The van der Waals surface area contributed by atoms with Gasteiger partial charge in [0.2, 0.25) is 0 Å². The highest BCUT2D eigenvalue weighted by molar-refractivity contribution is 6.07. The lowest BCUT2D eigenvalue weighted by Gasteiger charge is -2.19. The topological polar surface area (TPSA) is 59.8 Å². The van der Waals surface area contributed by atoms with Crippen LogP contribution in [0.2, 0.25) is 0 Å². The van der Waals surface area contributed by atoms with Crippen molar-refractivity contribution in [2.75, 3.05) is 0 Å². The molecule has 5 heteroatoms. The first-order valence-corrected chi connectivity index (χ1v) is 10.7. The molecule has 1 N–H and O–H groups in total. The van der Waals surface area contributed by atoms with E-state index in [0.717, 1.165) is 45.5 Å². The molecule has 0 spiro atoms. The van der Waals surface area contributed by atoms with Gasteiger partial charge in [0.1, 0.15) is 0 Å². The summed E-state index contributed by atoms with van der Waals surface area (Å²) >= 11 is 0. The van der Waals surface area contributed by atoms with Gasteiger partial charge in [0, 0.05) is 23.7 Å². The summed E-state index contributed by atoms with van der Waals surface area (Å²) in [4.78, 5) is 18.3. The van der Waals surface area contributed by atoms with Crippen molar-refractivity contribution < 1.29 is 4.79 Å². The Bertz CT molecular complexity index is 1250. The summed E-state index contributed by atoms with van der Waals surface area (Å²) < 4.78 is 1.85. The predicted octanol–water partition coefficient (Wildman–Crippen LogP) is 5.44. The Balaban J connectivity index is 1.78. The highest BCUT2D eigenvalue weighted by Crippen LogP contribution is 2.29. The molecule has 2 heterocycles. The van der Waals surface area contributed by atoms with Crippen LogP contribution in [0.5, 0.6) is 0 Å². The average molecular weight is 413 g/mol. The van der Waals surface area contributed by atoms with Crippen LogP contribution in [-0.2, 0) is 7.05 Å². The number of hydrogen-bond donors (Lipinski definition) is 1. The van der Waals surface area contributed by atoms with Crippen molar-refractivity contribution in [1.29, 1.82) is 0 Å². The molecule has 0 saturated carbocycles. The zero-order valence-electron chi connectivity index (χ0n) is 18.7. The molecule has 1 atom stereocenters. The number of rotatable bonds is 5. The Hall–Kier alpha value is -3.47. The van der Waals surface area contributed by atoms with E-state index >= 15 is 0 Å². The van der Waals surface area contributed by atoms with Crippen molar-refractivity contribution in [2.45, 2.75) is 40.2 Å². The highest BCUT2D eigenvalue weighted by atomic mass is 16.1. The molecule has 158 valence electrons. The van der Waals surface area contributed by atoms with E-state index in [1.807, 2.05) is 55.9 Å². The minimum absolute atomic E-state index is 0.0506. The minimum atomic E-state index is -0.0912. The quantitative estimate of drug-likeness (QED) is 0.475. The van der Waals surface area contributed by atoms with E-state index in [1.165, 1.54) is 5.56 Å². The maximum Gasteiger partial charge on any atom is 0.252 e. The predicted molar refractivity (Wildman–Crippen MR) is 125 cm³/mol. The number of fused-ring (bicyclic) bond motifs is 1. The summed E-state index contributed by atoms with van der Waals surface area (Å²) in [6, 6.07) is 18.0. The number of hydrogen-bond acceptors (Lipinski definition) is 3. The van der Waals surface area contributed by atoms with Gasteiger partial charge in [0.05, 0.1) is 28.5 Å². The molecule has 5 nitrogen and oxygen atoms in total. The van der Waals surface area contributed by atoms with Gasteiger partial charge in [0.25, 0.3) is 5.91 Å². The van der Waals surface area contributed by atoms with Gasteiger partial charge in [-0.25, -0.2) is 4.98 Å². The van der Waals surface area contributed by atoms with E-state index < -0.39 is 0 Å². The molecule has 31 heavy (non-hydrogen) atoms. The fourth-order valence-electron chi connectivity index (χ4n) is 4.09. The summed E-state index contributed by atoms with van der Waals surface area (Å²) in [5.74, 6) is -0.0912. The summed E-state index contributed by atoms with van der Waals surface area (Å²) in [6.45, 7) is 8.15. The van der Waals surface area contributed by atoms with Gasteiger partial charge in [0.15, 0.2) is 0 Å². The van der Waals surface area contributed by atoms with E-state index in [0.29, 0.717) is 5.56 Å². The Labute approximate surface area is 183 Å². The van der Waals surface area contributed by atoms with Gasteiger partial charge in [-0.3, -0.25) is 9.48 Å². The molecule has 0 saturated heterocycles. The molecule has 0 aliphatic rings. The lowest BCUT2D eigenvalue weighted by molar-refractivity contribution is 0.0937. The third-order valence-corrected chi connectivity index (χ3v) is 5.92.